The second kappa shape index (κ2) is 9.61. The molecule has 0 aromatic carbocycles. The molecule has 2 aliphatic rings. The Balaban J connectivity index is 1.43. The molecular weight excluding hydrogens is 507 g/mol. The number of halogens is 3. The van der Waals surface area contributed by atoms with Crippen molar-refractivity contribution in [1.82, 2.24) is 20.3 Å². The Bertz CT molecular complexity index is 1350. The average Bonchev–Trinajstić information content (AvgIpc) is 3.30. The van der Waals surface area contributed by atoms with Gasteiger partial charge in [-0.25, -0.2) is 19.7 Å². The number of carbonyl (C=O) groups is 2. The zero-order valence-electron chi connectivity index (χ0n) is 20.0. The number of nitrogens with zero attached hydrogens (tertiary/aromatic N) is 5. The molecule has 0 radical (unpaired) electrons. The number of hydrogen-bond donors (Lipinski definition) is 2. The van der Waals surface area contributed by atoms with Gasteiger partial charge in [0, 0.05) is 25.5 Å². The quantitative estimate of drug-likeness (QED) is 0.510. The number of fused-ring (bicyclic) bond motifs is 4. The number of urea groups is 1. The minimum absolute atomic E-state index is 0.200. The Labute approximate surface area is 214 Å². The molecule has 2 aliphatic heterocycles. The first-order valence-electron chi connectivity index (χ1n) is 11.7. The Kier molecular flexibility index (Phi) is 6.48. The molecule has 1 saturated heterocycles. The lowest BCUT2D eigenvalue weighted by Crippen LogP contribution is -2.56. The van der Waals surface area contributed by atoms with E-state index in [1.807, 2.05) is 18.3 Å². The summed E-state index contributed by atoms with van der Waals surface area (Å²) in [5.41, 5.74) is 1.30. The molecule has 1 unspecified atom stereocenters. The summed E-state index contributed by atoms with van der Waals surface area (Å²) in [6.45, 7) is 4.12. The minimum Gasteiger partial charge on any atom is -0.366 e. The number of anilines is 3. The molecule has 3 amide bonds. The van der Waals surface area contributed by atoms with E-state index in [2.05, 4.69) is 25.2 Å². The third-order valence-corrected chi connectivity index (χ3v) is 7.34. The molecule has 194 valence electrons. The maximum atomic E-state index is 13.5. The molecule has 3 aromatic rings. The van der Waals surface area contributed by atoms with Crippen LogP contribution in [-0.4, -0.2) is 58.2 Å². The molecule has 1 fully saturated rings. The van der Waals surface area contributed by atoms with Crippen molar-refractivity contribution < 1.29 is 22.8 Å². The van der Waals surface area contributed by atoms with Crippen molar-refractivity contribution in [3.8, 4) is 10.4 Å². The maximum Gasteiger partial charge on any atom is 0.408 e. The van der Waals surface area contributed by atoms with Gasteiger partial charge in [0.2, 0.25) is 0 Å². The van der Waals surface area contributed by atoms with Gasteiger partial charge >= 0.3 is 12.2 Å². The SMILES string of the molecule is Cc1ncc(-c2ccnc(NC(=O)N3c4nc(C(=O)NC(C)C(F)(F)F)ccc4N4CCC[C@H]3C4)c2)s1. The number of hydrogen-bond acceptors (Lipinski definition) is 7. The number of aromatic nitrogens is 3. The smallest absolute Gasteiger partial charge is 0.366 e. The second-order valence-corrected chi connectivity index (χ2v) is 10.2. The number of thiazole rings is 1. The summed E-state index contributed by atoms with van der Waals surface area (Å²) in [4.78, 5) is 43.5. The fraction of sp³-hybridized carbons (Fsp3) is 0.375. The number of pyridine rings is 2. The first kappa shape index (κ1) is 24.9. The van der Waals surface area contributed by atoms with Crippen LogP contribution in [0.5, 0.6) is 0 Å². The van der Waals surface area contributed by atoms with E-state index in [0.717, 1.165) is 41.8 Å². The number of carbonyl (C=O) groups excluding carboxylic acids is 2. The van der Waals surface area contributed by atoms with E-state index in [0.29, 0.717) is 18.1 Å². The van der Waals surface area contributed by atoms with Gasteiger partial charge in [-0.15, -0.1) is 11.3 Å². The molecule has 0 spiro atoms. The van der Waals surface area contributed by atoms with Crippen LogP contribution in [0.1, 0.15) is 35.3 Å². The van der Waals surface area contributed by atoms with Gasteiger partial charge in [-0.2, -0.15) is 13.2 Å². The van der Waals surface area contributed by atoms with Crippen LogP contribution in [0.4, 0.5) is 35.3 Å². The van der Waals surface area contributed by atoms with Gasteiger partial charge in [0.15, 0.2) is 5.82 Å². The molecule has 3 aromatic heterocycles. The summed E-state index contributed by atoms with van der Waals surface area (Å²) < 4.78 is 38.9. The lowest BCUT2D eigenvalue weighted by atomic mass is 9.99. The van der Waals surface area contributed by atoms with Crippen LogP contribution in [0.3, 0.4) is 0 Å². The van der Waals surface area contributed by atoms with Crippen molar-refractivity contribution in [3.05, 3.63) is 47.4 Å². The minimum atomic E-state index is -4.59. The Hall–Kier alpha value is -3.74. The fourth-order valence-corrected chi connectivity index (χ4v) is 5.25. The van der Waals surface area contributed by atoms with Gasteiger partial charge in [-0.3, -0.25) is 15.0 Å². The third-order valence-electron chi connectivity index (χ3n) is 6.38. The van der Waals surface area contributed by atoms with E-state index in [9.17, 15) is 22.8 Å². The van der Waals surface area contributed by atoms with E-state index >= 15 is 0 Å². The highest BCUT2D eigenvalue weighted by molar-refractivity contribution is 7.15. The zero-order valence-corrected chi connectivity index (χ0v) is 20.9. The lowest BCUT2D eigenvalue weighted by Gasteiger charge is -2.45. The standard InChI is InChI=1S/C24H24F3N7O2S/c1-13(24(25,26)27)30-22(35)17-5-6-18-21(31-17)34(16-4-3-9-33(18)12-16)23(36)32-20-10-15(7-8-28-20)19-11-29-14(2)37-19/h5-8,10-11,13,16H,3-4,9,12H2,1-2H3,(H,30,35)(H,28,32,36)/t13?,16-/m0/s1. The number of aryl methyl sites for hydroxylation is 1. The maximum absolute atomic E-state index is 13.5. The molecule has 13 heteroatoms. The molecule has 5 heterocycles. The van der Waals surface area contributed by atoms with Gasteiger partial charge in [-0.05, 0) is 56.5 Å². The molecular formula is C24H24F3N7O2S. The lowest BCUT2D eigenvalue weighted by molar-refractivity contribution is -0.149. The number of piperidine rings is 1. The number of alkyl halides is 3. The Morgan fingerprint density at radius 3 is 2.76 bits per heavy atom. The van der Waals surface area contributed by atoms with Crippen molar-refractivity contribution in [2.24, 2.45) is 0 Å². The highest BCUT2D eigenvalue weighted by Gasteiger charge is 2.40. The van der Waals surface area contributed by atoms with Crippen LogP contribution < -0.4 is 20.4 Å². The van der Waals surface area contributed by atoms with Crippen molar-refractivity contribution in [3.63, 3.8) is 0 Å². The molecule has 37 heavy (non-hydrogen) atoms. The van der Waals surface area contributed by atoms with E-state index in [4.69, 9.17) is 0 Å². The van der Waals surface area contributed by atoms with Crippen molar-refractivity contribution in [2.45, 2.75) is 44.9 Å². The molecule has 0 aliphatic carbocycles. The van der Waals surface area contributed by atoms with Crippen molar-refractivity contribution in [1.29, 1.82) is 0 Å². The topological polar surface area (TPSA) is 103 Å². The summed E-state index contributed by atoms with van der Waals surface area (Å²) in [6, 6.07) is 3.85. The third kappa shape index (κ3) is 5.08. The van der Waals surface area contributed by atoms with Gasteiger partial charge in [-0.1, -0.05) is 0 Å². The van der Waals surface area contributed by atoms with Crippen molar-refractivity contribution in [2.75, 3.05) is 28.2 Å². The second-order valence-electron chi connectivity index (χ2n) is 8.99. The Morgan fingerprint density at radius 2 is 2.03 bits per heavy atom. The number of rotatable bonds is 4. The van der Waals surface area contributed by atoms with Gasteiger partial charge in [0.25, 0.3) is 5.91 Å². The Morgan fingerprint density at radius 1 is 1.22 bits per heavy atom. The molecule has 9 nitrogen and oxygen atoms in total. The highest BCUT2D eigenvalue weighted by atomic mass is 32.1. The largest absolute Gasteiger partial charge is 0.408 e. The summed E-state index contributed by atoms with van der Waals surface area (Å²) in [7, 11) is 0. The first-order valence-corrected chi connectivity index (χ1v) is 12.5. The fourth-order valence-electron chi connectivity index (χ4n) is 4.48. The molecule has 5 rings (SSSR count). The predicted octanol–water partition coefficient (Wildman–Crippen LogP) is 4.61. The van der Waals surface area contributed by atoms with Crippen molar-refractivity contribution >= 4 is 40.6 Å². The zero-order chi connectivity index (χ0) is 26.3. The molecule has 0 saturated carbocycles. The van der Waals surface area contributed by atoms with Crippen LogP contribution in [-0.2, 0) is 0 Å². The predicted molar refractivity (Wildman–Crippen MR) is 134 cm³/mol. The highest BCUT2D eigenvalue weighted by Crippen LogP contribution is 2.38. The van der Waals surface area contributed by atoms with Crippen LogP contribution in [0.25, 0.3) is 10.4 Å². The molecule has 2 atom stereocenters. The van der Waals surface area contributed by atoms with Gasteiger partial charge < -0.3 is 10.2 Å². The molecule has 2 N–H and O–H groups in total. The van der Waals surface area contributed by atoms with Crippen LogP contribution in [0.15, 0.2) is 36.7 Å². The summed E-state index contributed by atoms with van der Waals surface area (Å²) in [5, 5.41) is 5.67. The van der Waals surface area contributed by atoms with Crippen LogP contribution in [0.2, 0.25) is 0 Å². The summed E-state index contributed by atoms with van der Waals surface area (Å²) in [5.74, 6) is -0.399. The first-order chi connectivity index (χ1) is 17.6. The number of nitrogens with one attached hydrogen (secondary N) is 2. The average molecular weight is 532 g/mol. The van der Waals surface area contributed by atoms with E-state index in [1.165, 1.54) is 22.3 Å². The van der Waals surface area contributed by atoms with Gasteiger partial charge in [0.05, 0.1) is 21.6 Å². The summed E-state index contributed by atoms with van der Waals surface area (Å²) >= 11 is 1.52. The number of amides is 3. The van der Waals surface area contributed by atoms with E-state index in [1.54, 1.807) is 24.5 Å². The molecule has 2 bridgehead atoms. The monoisotopic (exact) mass is 531 g/mol. The van der Waals surface area contributed by atoms with E-state index < -0.39 is 24.2 Å². The van der Waals surface area contributed by atoms with Crippen LogP contribution >= 0.6 is 11.3 Å². The summed E-state index contributed by atoms with van der Waals surface area (Å²) in [6.07, 6.45) is 0.347. The normalized spacial score (nSPS) is 17.7. The van der Waals surface area contributed by atoms with Crippen LogP contribution in [0, 0.1) is 6.92 Å². The van der Waals surface area contributed by atoms with E-state index in [-0.39, 0.29) is 17.6 Å². The van der Waals surface area contributed by atoms with Gasteiger partial charge in [0.1, 0.15) is 17.6 Å².